The maximum absolute atomic E-state index is 5.74. The van der Waals surface area contributed by atoms with Crippen LogP contribution in [-0.2, 0) is 11.3 Å². The molecule has 1 fully saturated rings. The predicted molar refractivity (Wildman–Crippen MR) is 74.2 cm³/mol. The molecule has 0 amide bonds. The minimum Gasteiger partial charge on any atom is -0.376 e. The van der Waals surface area contributed by atoms with Gasteiger partial charge in [-0.1, -0.05) is 11.6 Å². The highest BCUT2D eigenvalue weighted by atomic mass is 35.5. The van der Waals surface area contributed by atoms with E-state index in [1.165, 1.54) is 30.6 Å². The fraction of sp³-hybridized carbons (Fsp3) is 0.727. The highest BCUT2D eigenvalue weighted by Gasteiger charge is 2.12. The molecule has 0 atom stereocenters. The Hall–Kier alpha value is 0.130. The SMILES string of the molecule is Cl.Clc1ncc(COCCC2CCNCC2)s1. The third kappa shape index (κ3) is 5.53. The topological polar surface area (TPSA) is 34.1 Å². The van der Waals surface area contributed by atoms with Crippen molar-refractivity contribution >= 4 is 35.3 Å². The zero-order valence-electron chi connectivity index (χ0n) is 9.65. The molecule has 1 aromatic heterocycles. The summed E-state index contributed by atoms with van der Waals surface area (Å²) in [5, 5.41) is 3.37. The van der Waals surface area contributed by atoms with Gasteiger partial charge in [-0.2, -0.15) is 0 Å². The Labute approximate surface area is 117 Å². The molecule has 1 saturated heterocycles. The second-order valence-electron chi connectivity index (χ2n) is 4.11. The van der Waals surface area contributed by atoms with Gasteiger partial charge in [-0.05, 0) is 38.3 Å². The van der Waals surface area contributed by atoms with Crippen molar-refractivity contribution in [1.29, 1.82) is 0 Å². The molecule has 0 radical (unpaired) electrons. The molecule has 17 heavy (non-hydrogen) atoms. The molecule has 0 aromatic carbocycles. The smallest absolute Gasteiger partial charge is 0.183 e. The largest absolute Gasteiger partial charge is 0.376 e. The Balaban J connectivity index is 0.00000144. The predicted octanol–water partition coefficient (Wildman–Crippen LogP) is 3.12. The maximum Gasteiger partial charge on any atom is 0.183 e. The number of nitrogens with one attached hydrogen (secondary N) is 1. The molecule has 0 unspecified atom stereocenters. The lowest BCUT2D eigenvalue weighted by molar-refractivity contribution is 0.104. The normalized spacial score (nSPS) is 16.8. The van der Waals surface area contributed by atoms with E-state index in [1.54, 1.807) is 6.20 Å². The second-order valence-corrected chi connectivity index (χ2v) is 5.81. The van der Waals surface area contributed by atoms with Crippen molar-refractivity contribution in [2.75, 3.05) is 19.7 Å². The lowest BCUT2D eigenvalue weighted by atomic mass is 9.95. The molecule has 1 aliphatic rings. The van der Waals surface area contributed by atoms with E-state index in [-0.39, 0.29) is 12.4 Å². The van der Waals surface area contributed by atoms with Gasteiger partial charge in [0.15, 0.2) is 4.47 Å². The Morgan fingerprint density at radius 2 is 2.24 bits per heavy atom. The van der Waals surface area contributed by atoms with Crippen LogP contribution in [0.15, 0.2) is 6.20 Å². The number of ether oxygens (including phenoxy) is 1. The number of halogens is 2. The van der Waals surface area contributed by atoms with Crippen molar-refractivity contribution < 1.29 is 4.74 Å². The van der Waals surface area contributed by atoms with E-state index < -0.39 is 0 Å². The van der Waals surface area contributed by atoms with E-state index in [9.17, 15) is 0 Å². The molecular formula is C11H18Cl2N2OS. The number of thiazole rings is 1. The fourth-order valence-corrected chi connectivity index (χ4v) is 2.86. The number of piperidine rings is 1. The highest BCUT2D eigenvalue weighted by Crippen LogP contribution is 2.19. The molecule has 0 saturated carbocycles. The maximum atomic E-state index is 5.74. The quantitative estimate of drug-likeness (QED) is 0.848. The summed E-state index contributed by atoms with van der Waals surface area (Å²) in [5.41, 5.74) is 0. The summed E-state index contributed by atoms with van der Waals surface area (Å²) in [4.78, 5) is 5.09. The van der Waals surface area contributed by atoms with E-state index in [0.29, 0.717) is 11.1 Å². The first-order valence-corrected chi connectivity index (χ1v) is 6.92. The molecule has 0 bridgehead atoms. The lowest BCUT2D eigenvalue weighted by Crippen LogP contribution is -2.28. The third-order valence-corrected chi connectivity index (χ3v) is 3.99. The van der Waals surface area contributed by atoms with Crippen molar-refractivity contribution in [1.82, 2.24) is 10.3 Å². The second kappa shape index (κ2) is 8.27. The minimum atomic E-state index is 0. The van der Waals surface area contributed by atoms with Gasteiger partial charge in [-0.25, -0.2) is 4.98 Å². The molecule has 1 aromatic rings. The summed E-state index contributed by atoms with van der Waals surface area (Å²) >= 11 is 7.23. The number of hydrogen-bond donors (Lipinski definition) is 1. The van der Waals surface area contributed by atoms with E-state index in [2.05, 4.69) is 10.3 Å². The van der Waals surface area contributed by atoms with Gasteiger partial charge in [0, 0.05) is 12.8 Å². The number of nitrogens with zero attached hydrogens (tertiary/aromatic N) is 1. The van der Waals surface area contributed by atoms with Gasteiger partial charge in [0.25, 0.3) is 0 Å². The minimum absolute atomic E-state index is 0. The Morgan fingerprint density at radius 3 is 2.88 bits per heavy atom. The summed E-state index contributed by atoms with van der Waals surface area (Å²) in [6.45, 7) is 3.82. The van der Waals surface area contributed by atoms with Gasteiger partial charge in [-0.15, -0.1) is 23.7 Å². The summed E-state index contributed by atoms with van der Waals surface area (Å²) in [6.07, 6.45) is 5.54. The molecule has 2 heterocycles. The molecule has 0 aliphatic carbocycles. The average Bonchev–Trinajstić information content (AvgIpc) is 2.72. The van der Waals surface area contributed by atoms with E-state index in [0.717, 1.165) is 30.5 Å². The lowest BCUT2D eigenvalue weighted by Gasteiger charge is -2.22. The number of aromatic nitrogens is 1. The molecule has 2 rings (SSSR count). The van der Waals surface area contributed by atoms with Crippen LogP contribution in [0, 0.1) is 5.92 Å². The first-order chi connectivity index (χ1) is 7.84. The van der Waals surface area contributed by atoms with E-state index in [1.807, 2.05) is 0 Å². The van der Waals surface area contributed by atoms with Crippen LogP contribution in [-0.4, -0.2) is 24.7 Å². The monoisotopic (exact) mass is 296 g/mol. The van der Waals surface area contributed by atoms with Crippen molar-refractivity contribution in [2.45, 2.75) is 25.9 Å². The number of hydrogen-bond acceptors (Lipinski definition) is 4. The zero-order valence-corrected chi connectivity index (χ0v) is 12.0. The Morgan fingerprint density at radius 1 is 1.47 bits per heavy atom. The highest BCUT2D eigenvalue weighted by molar-refractivity contribution is 7.15. The molecule has 3 nitrogen and oxygen atoms in total. The molecule has 0 spiro atoms. The molecular weight excluding hydrogens is 279 g/mol. The molecule has 6 heteroatoms. The Bertz CT molecular complexity index is 316. The van der Waals surface area contributed by atoms with Crippen LogP contribution in [0.1, 0.15) is 24.1 Å². The summed E-state index contributed by atoms with van der Waals surface area (Å²) in [5.74, 6) is 0.839. The van der Waals surface area contributed by atoms with Gasteiger partial charge in [0.05, 0.1) is 11.5 Å². The van der Waals surface area contributed by atoms with Crippen LogP contribution < -0.4 is 5.32 Å². The van der Waals surface area contributed by atoms with E-state index >= 15 is 0 Å². The Kier molecular flexibility index (Phi) is 7.39. The molecule has 98 valence electrons. The molecule has 1 aliphatic heterocycles. The van der Waals surface area contributed by atoms with Gasteiger partial charge >= 0.3 is 0 Å². The van der Waals surface area contributed by atoms with Gasteiger partial charge in [-0.3, -0.25) is 0 Å². The fourth-order valence-electron chi connectivity index (χ4n) is 1.94. The summed E-state index contributed by atoms with van der Waals surface area (Å²) in [7, 11) is 0. The van der Waals surface area contributed by atoms with Crippen LogP contribution in [0.5, 0.6) is 0 Å². The van der Waals surface area contributed by atoms with Crippen molar-refractivity contribution in [3.8, 4) is 0 Å². The van der Waals surface area contributed by atoms with Crippen LogP contribution in [0.4, 0.5) is 0 Å². The zero-order chi connectivity index (χ0) is 11.2. The van der Waals surface area contributed by atoms with Crippen LogP contribution >= 0.6 is 35.3 Å². The average molecular weight is 297 g/mol. The first kappa shape index (κ1) is 15.2. The van der Waals surface area contributed by atoms with Gasteiger partial charge < -0.3 is 10.1 Å². The van der Waals surface area contributed by atoms with Crippen LogP contribution in [0.25, 0.3) is 0 Å². The van der Waals surface area contributed by atoms with Gasteiger partial charge in [0.2, 0.25) is 0 Å². The van der Waals surface area contributed by atoms with Crippen molar-refractivity contribution in [2.24, 2.45) is 5.92 Å². The van der Waals surface area contributed by atoms with Crippen LogP contribution in [0.2, 0.25) is 4.47 Å². The first-order valence-electron chi connectivity index (χ1n) is 5.73. The summed E-state index contributed by atoms with van der Waals surface area (Å²) < 4.78 is 6.22. The summed E-state index contributed by atoms with van der Waals surface area (Å²) in [6, 6.07) is 0. The van der Waals surface area contributed by atoms with Gasteiger partial charge in [0.1, 0.15) is 0 Å². The number of rotatable bonds is 5. The standard InChI is InChI=1S/C11H17ClN2OS.ClH/c12-11-14-7-10(16-11)8-15-6-3-9-1-4-13-5-2-9;/h7,9,13H,1-6,8H2;1H. The molecule has 1 N–H and O–H groups in total. The third-order valence-electron chi connectivity index (χ3n) is 2.90. The van der Waals surface area contributed by atoms with Crippen molar-refractivity contribution in [3.63, 3.8) is 0 Å². The van der Waals surface area contributed by atoms with E-state index in [4.69, 9.17) is 16.3 Å². The van der Waals surface area contributed by atoms with Crippen LogP contribution in [0.3, 0.4) is 0 Å². The van der Waals surface area contributed by atoms with Crippen molar-refractivity contribution in [3.05, 3.63) is 15.5 Å².